The number of thiazole rings is 1. The molecule has 0 bridgehead atoms. The Hall–Kier alpha value is -3.33. The van der Waals surface area contributed by atoms with Crippen LogP contribution in [0.2, 0.25) is 0 Å². The molecule has 0 spiro atoms. The molecule has 9 heteroatoms. The predicted octanol–water partition coefficient (Wildman–Crippen LogP) is 4.82. The van der Waals surface area contributed by atoms with Gasteiger partial charge in [0.25, 0.3) is 0 Å². The molecule has 4 aromatic rings. The number of ether oxygens (including phenoxy) is 2. The zero-order chi connectivity index (χ0) is 20.2. The minimum absolute atomic E-state index is 0.0160. The van der Waals surface area contributed by atoms with E-state index in [1.54, 1.807) is 54.0 Å². The van der Waals surface area contributed by atoms with Gasteiger partial charge >= 0.3 is 12.5 Å². The summed E-state index contributed by atoms with van der Waals surface area (Å²) >= 11 is 1.48. The molecule has 0 fully saturated rings. The van der Waals surface area contributed by atoms with Crippen LogP contribution < -0.4 is 4.74 Å². The lowest BCUT2D eigenvalue weighted by atomic mass is 10.2. The van der Waals surface area contributed by atoms with Crippen molar-refractivity contribution in [3.8, 4) is 5.75 Å². The number of aromatic nitrogens is 3. The Labute approximate surface area is 168 Å². The van der Waals surface area contributed by atoms with Crippen LogP contribution in [0.25, 0.3) is 11.0 Å². The molecule has 0 N–H and O–H groups in total. The lowest BCUT2D eigenvalue weighted by molar-refractivity contribution is 0.0387. The van der Waals surface area contributed by atoms with Crippen LogP contribution in [0.5, 0.6) is 5.75 Å². The van der Waals surface area contributed by atoms with Gasteiger partial charge in [0.1, 0.15) is 19.0 Å². The number of halogens is 2. The Balaban J connectivity index is 1.41. The number of esters is 1. The van der Waals surface area contributed by atoms with Gasteiger partial charge in [0.05, 0.1) is 27.8 Å². The zero-order valence-corrected chi connectivity index (χ0v) is 15.8. The molecular formula is C20H15F2N3O3S. The van der Waals surface area contributed by atoms with Gasteiger partial charge in [-0.1, -0.05) is 12.1 Å². The van der Waals surface area contributed by atoms with Crippen molar-refractivity contribution in [2.24, 2.45) is 0 Å². The van der Waals surface area contributed by atoms with Crippen molar-refractivity contribution in [1.29, 1.82) is 0 Å². The van der Waals surface area contributed by atoms with Crippen LogP contribution in [0.4, 0.5) is 8.78 Å². The van der Waals surface area contributed by atoms with Crippen molar-refractivity contribution in [3.63, 3.8) is 0 Å². The van der Waals surface area contributed by atoms with Crippen LogP contribution in [0, 0.1) is 0 Å². The van der Waals surface area contributed by atoms with Crippen LogP contribution in [0.15, 0.2) is 59.4 Å². The Kier molecular flexibility index (Phi) is 5.48. The summed E-state index contributed by atoms with van der Waals surface area (Å²) in [6, 6.07) is 12.9. The molecule has 0 radical (unpaired) electrons. The topological polar surface area (TPSA) is 66.2 Å². The number of carbonyl (C=O) groups excluding carboxylic acids is 1. The number of nitrogens with zero attached hydrogens (tertiary/aromatic N) is 3. The highest BCUT2D eigenvalue weighted by Gasteiger charge is 2.19. The molecule has 148 valence electrons. The molecule has 0 aliphatic carbocycles. The van der Waals surface area contributed by atoms with E-state index in [0.29, 0.717) is 17.9 Å². The summed E-state index contributed by atoms with van der Waals surface area (Å²) in [6.07, 6.45) is 0. The van der Waals surface area contributed by atoms with Gasteiger partial charge in [-0.25, -0.2) is 14.8 Å². The van der Waals surface area contributed by atoms with Crippen LogP contribution in [-0.2, 0) is 18.0 Å². The molecule has 6 nitrogen and oxygen atoms in total. The van der Waals surface area contributed by atoms with Gasteiger partial charge in [-0.05, 0) is 36.4 Å². The molecule has 4 rings (SSSR count). The molecule has 2 aromatic carbocycles. The van der Waals surface area contributed by atoms with E-state index in [9.17, 15) is 13.6 Å². The number of benzene rings is 2. The third kappa shape index (κ3) is 4.24. The van der Waals surface area contributed by atoms with Gasteiger partial charge in [-0.3, -0.25) is 4.57 Å². The number of imidazole rings is 1. The van der Waals surface area contributed by atoms with Gasteiger partial charge in [0, 0.05) is 5.38 Å². The minimum atomic E-state index is -2.79. The summed E-state index contributed by atoms with van der Waals surface area (Å²) in [4.78, 5) is 20.5. The highest BCUT2D eigenvalue weighted by Crippen LogP contribution is 2.24. The third-order valence-electron chi connectivity index (χ3n) is 4.16. The van der Waals surface area contributed by atoms with Gasteiger partial charge in [0.2, 0.25) is 0 Å². The molecule has 29 heavy (non-hydrogen) atoms. The van der Waals surface area contributed by atoms with Crippen molar-refractivity contribution in [3.05, 3.63) is 76.5 Å². The molecule has 0 saturated carbocycles. The minimum Gasteiger partial charge on any atom is -0.487 e. The second-order valence-corrected chi connectivity index (χ2v) is 6.75. The summed E-state index contributed by atoms with van der Waals surface area (Å²) in [6.45, 7) is -2.82. The Bertz CT molecular complexity index is 1110. The average molecular weight is 415 g/mol. The maximum atomic E-state index is 13.4. The van der Waals surface area contributed by atoms with Crippen molar-refractivity contribution in [1.82, 2.24) is 14.5 Å². The fraction of sp³-hybridized carbons (Fsp3) is 0.150. The van der Waals surface area contributed by atoms with Crippen molar-refractivity contribution in [2.45, 2.75) is 19.8 Å². The molecule has 0 saturated heterocycles. The van der Waals surface area contributed by atoms with Crippen molar-refractivity contribution >= 4 is 28.3 Å². The summed E-state index contributed by atoms with van der Waals surface area (Å²) in [7, 11) is 0. The smallest absolute Gasteiger partial charge is 0.338 e. The van der Waals surface area contributed by atoms with E-state index in [4.69, 9.17) is 9.47 Å². The molecule has 0 aliphatic rings. The standard InChI is InChI=1S/C20H15F2N3O3S/c21-20(22)25-17-4-2-1-3-16(17)24-18(25)10-28-19(26)13-5-7-15(8-6-13)27-9-14-11-29-12-23-14/h1-8,11-12,20H,9-10H2. The van der Waals surface area contributed by atoms with E-state index in [0.717, 1.165) is 10.3 Å². The summed E-state index contributed by atoms with van der Waals surface area (Å²) in [5.74, 6) is -0.0734. The SMILES string of the molecule is O=C(OCc1nc2ccccc2n1C(F)F)c1ccc(OCc2cscn2)cc1. The normalized spacial score (nSPS) is 11.1. The maximum Gasteiger partial charge on any atom is 0.338 e. The summed E-state index contributed by atoms with van der Waals surface area (Å²) < 4.78 is 38.4. The van der Waals surface area contributed by atoms with Gasteiger partial charge in [-0.2, -0.15) is 8.78 Å². The van der Waals surface area contributed by atoms with E-state index in [1.165, 1.54) is 11.3 Å². The fourth-order valence-electron chi connectivity index (χ4n) is 2.78. The first-order chi connectivity index (χ1) is 14.1. The number of hydrogen-bond acceptors (Lipinski definition) is 6. The van der Waals surface area contributed by atoms with E-state index >= 15 is 0 Å². The average Bonchev–Trinajstić information content (AvgIpc) is 3.38. The first-order valence-corrected chi connectivity index (χ1v) is 9.57. The summed E-state index contributed by atoms with van der Waals surface area (Å²) in [5.41, 5.74) is 3.53. The van der Waals surface area contributed by atoms with Crippen molar-refractivity contribution < 1.29 is 23.0 Å². The molecule has 0 atom stereocenters. The number of rotatable bonds is 7. The second kappa shape index (κ2) is 8.36. The third-order valence-corrected chi connectivity index (χ3v) is 4.79. The largest absolute Gasteiger partial charge is 0.487 e. The van der Waals surface area contributed by atoms with Crippen LogP contribution in [0.3, 0.4) is 0 Å². The second-order valence-electron chi connectivity index (χ2n) is 6.03. The first-order valence-electron chi connectivity index (χ1n) is 8.63. The number of fused-ring (bicyclic) bond motifs is 1. The lowest BCUT2D eigenvalue weighted by Gasteiger charge is -2.09. The number of para-hydroxylation sites is 2. The lowest BCUT2D eigenvalue weighted by Crippen LogP contribution is -2.10. The highest BCUT2D eigenvalue weighted by molar-refractivity contribution is 7.07. The Morgan fingerprint density at radius 1 is 1.10 bits per heavy atom. The van der Waals surface area contributed by atoms with Gasteiger partial charge in [0.15, 0.2) is 5.82 Å². The maximum absolute atomic E-state index is 13.4. The Morgan fingerprint density at radius 3 is 2.62 bits per heavy atom. The number of hydrogen-bond donors (Lipinski definition) is 0. The highest BCUT2D eigenvalue weighted by atomic mass is 32.1. The van der Waals surface area contributed by atoms with E-state index in [-0.39, 0.29) is 23.5 Å². The van der Waals surface area contributed by atoms with Crippen LogP contribution in [-0.4, -0.2) is 20.5 Å². The molecule has 0 unspecified atom stereocenters. The van der Waals surface area contributed by atoms with Gasteiger partial charge < -0.3 is 9.47 Å². The fourth-order valence-corrected chi connectivity index (χ4v) is 3.32. The van der Waals surface area contributed by atoms with Crippen molar-refractivity contribution in [2.75, 3.05) is 0 Å². The zero-order valence-electron chi connectivity index (χ0n) is 15.0. The monoisotopic (exact) mass is 415 g/mol. The van der Waals surface area contributed by atoms with E-state index < -0.39 is 12.5 Å². The van der Waals surface area contributed by atoms with Crippen LogP contribution in [0.1, 0.15) is 28.4 Å². The first kappa shape index (κ1) is 19.0. The molecule has 2 heterocycles. The van der Waals surface area contributed by atoms with E-state index in [2.05, 4.69) is 9.97 Å². The molecular weight excluding hydrogens is 400 g/mol. The molecule has 0 aliphatic heterocycles. The molecule has 0 amide bonds. The Morgan fingerprint density at radius 2 is 1.90 bits per heavy atom. The predicted molar refractivity (Wildman–Crippen MR) is 103 cm³/mol. The summed E-state index contributed by atoms with van der Waals surface area (Å²) in [5, 5.41) is 1.89. The van der Waals surface area contributed by atoms with E-state index in [1.807, 2.05) is 5.38 Å². The quantitative estimate of drug-likeness (QED) is 0.405. The molecule has 2 aromatic heterocycles. The number of carbonyl (C=O) groups is 1. The number of alkyl halides is 2. The van der Waals surface area contributed by atoms with Crippen LogP contribution >= 0.6 is 11.3 Å². The van der Waals surface area contributed by atoms with Gasteiger partial charge in [-0.15, -0.1) is 11.3 Å².